The summed E-state index contributed by atoms with van der Waals surface area (Å²) >= 11 is 0. The third-order valence-corrected chi connectivity index (χ3v) is 2.38. The Hall–Kier alpha value is -2.17. The molecule has 17 heavy (non-hydrogen) atoms. The van der Waals surface area contributed by atoms with Gasteiger partial charge in [0.15, 0.2) is 0 Å². The van der Waals surface area contributed by atoms with Crippen LogP contribution in [-0.2, 0) is 16.1 Å². The maximum Gasteiger partial charge on any atom is 0.307 e. The van der Waals surface area contributed by atoms with Crippen molar-refractivity contribution in [2.75, 3.05) is 7.11 Å². The van der Waals surface area contributed by atoms with Crippen LogP contribution >= 0.6 is 0 Å². The SMILES string of the molecule is COC(=O)CCn1cc(-c2ccccc2)nn1. The van der Waals surface area contributed by atoms with Crippen molar-refractivity contribution >= 4 is 5.97 Å². The Labute approximate surface area is 99.0 Å². The third kappa shape index (κ3) is 2.90. The number of carbonyl (C=O) groups excluding carboxylic acids is 1. The summed E-state index contributed by atoms with van der Waals surface area (Å²) in [5.41, 5.74) is 1.81. The standard InChI is InChI=1S/C12H13N3O2/c1-17-12(16)7-8-15-9-11(13-14-15)10-5-3-2-4-6-10/h2-6,9H,7-8H2,1H3. The lowest BCUT2D eigenvalue weighted by atomic mass is 10.2. The van der Waals surface area contributed by atoms with E-state index in [1.807, 2.05) is 36.5 Å². The number of rotatable bonds is 4. The number of hydrogen-bond acceptors (Lipinski definition) is 4. The fraction of sp³-hybridized carbons (Fsp3) is 0.250. The van der Waals surface area contributed by atoms with Gasteiger partial charge in [-0.2, -0.15) is 0 Å². The van der Waals surface area contributed by atoms with Crippen molar-refractivity contribution in [3.05, 3.63) is 36.5 Å². The predicted octanol–water partition coefficient (Wildman–Crippen LogP) is 1.51. The van der Waals surface area contributed by atoms with Gasteiger partial charge in [0.1, 0.15) is 5.69 Å². The first-order valence-electron chi connectivity index (χ1n) is 5.32. The topological polar surface area (TPSA) is 57.0 Å². The van der Waals surface area contributed by atoms with Gasteiger partial charge >= 0.3 is 5.97 Å². The Bertz CT molecular complexity index is 493. The smallest absolute Gasteiger partial charge is 0.307 e. The van der Waals surface area contributed by atoms with Crippen LogP contribution in [0.4, 0.5) is 0 Å². The molecule has 1 aromatic carbocycles. The van der Waals surface area contributed by atoms with Crippen molar-refractivity contribution in [2.45, 2.75) is 13.0 Å². The highest BCUT2D eigenvalue weighted by Crippen LogP contribution is 2.14. The van der Waals surface area contributed by atoms with Gasteiger partial charge in [-0.25, -0.2) is 0 Å². The van der Waals surface area contributed by atoms with Crippen molar-refractivity contribution in [3.63, 3.8) is 0 Å². The van der Waals surface area contributed by atoms with E-state index in [9.17, 15) is 4.79 Å². The molecule has 0 amide bonds. The van der Waals surface area contributed by atoms with Crippen molar-refractivity contribution in [2.24, 2.45) is 0 Å². The number of aromatic nitrogens is 3. The molecule has 2 rings (SSSR count). The summed E-state index contributed by atoms with van der Waals surface area (Å²) in [6.07, 6.45) is 2.12. The molecule has 1 aromatic heterocycles. The molecule has 0 fully saturated rings. The fourth-order valence-corrected chi connectivity index (χ4v) is 1.46. The number of ether oxygens (including phenoxy) is 1. The largest absolute Gasteiger partial charge is 0.469 e. The number of methoxy groups -OCH3 is 1. The molecule has 2 aromatic rings. The van der Waals surface area contributed by atoms with Crippen LogP contribution in [0.2, 0.25) is 0 Å². The van der Waals surface area contributed by atoms with Gasteiger partial charge in [-0.3, -0.25) is 9.48 Å². The maximum atomic E-state index is 11.0. The van der Waals surface area contributed by atoms with Crippen LogP contribution in [0.25, 0.3) is 11.3 Å². The zero-order valence-corrected chi connectivity index (χ0v) is 9.54. The monoisotopic (exact) mass is 231 g/mol. The third-order valence-electron chi connectivity index (χ3n) is 2.38. The molecule has 0 N–H and O–H groups in total. The first-order chi connectivity index (χ1) is 8.29. The Morgan fingerprint density at radius 2 is 2.12 bits per heavy atom. The van der Waals surface area contributed by atoms with Crippen molar-refractivity contribution in [1.29, 1.82) is 0 Å². The number of carbonyl (C=O) groups is 1. The lowest BCUT2D eigenvalue weighted by Crippen LogP contribution is -2.07. The van der Waals surface area contributed by atoms with E-state index < -0.39 is 0 Å². The van der Waals surface area contributed by atoms with Crippen LogP contribution < -0.4 is 0 Å². The molecule has 1 heterocycles. The van der Waals surface area contributed by atoms with Crippen molar-refractivity contribution in [3.8, 4) is 11.3 Å². The molecule has 5 heteroatoms. The van der Waals surface area contributed by atoms with Gasteiger partial charge < -0.3 is 4.74 Å². The highest BCUT2D eigenvalue weighted by atomic mass is 16.5. The van der Waals surface area contributed by atoms with Gasteiger partial charge in [0.25, 0.3) is 0 Å². The van der Waals surface area contributed by atoms with Crippen LogP contribution in [0.5, 0.6) is 0 Å². The first kappa shape index (κ1) is 11.3. The van der Waals surface area contributed by atoms with E-state index in [4.69, 9.17) is 0 Å². The van der Waals surface area contributed by atoms with E-state index in [0.29, 0.717) is 13.0 Å². The predicted molar refractivity (Wildman–Crippen MR) is 62.1 cm³/mol. The van der Waals surface area contributed by atoms with Crippen LogP contribution in [0.3, 0.4) is 0 Å². The Kier molecular flexibility index (Phi) is 3.49. The number of benzene rings is 1. The maximum absolute atomic E-state index is 11.0. The van der Waals surface area contributed by atoms with Crippen molar-refractivity contribution < 1.29 is 9.53 Å². The zero-order chi connectivity index (χ0) is 12.1. The Morgan fingerprint density at radius 1 is 1.35 bits per heavy atom. The Balaban J connectivity index is 2.04. The zero-order valence-electron chi connectivity index (χ0n) is 9.54. The van der Waals surface area contributed by atoms with E-state index >= 15 is 0 Å². The minimum Gasteiger partial charge on any atom is -0.469 e. The molecule has 0 aliphatic heterocycles. The number of aryl methyl sites for hydroxylation is 1. The molecule has 5 nitrogen and oxygen atoms in total. The van der Waals surface area contributed by atoms with Crippen LogP contribution in [0.1, 0.15) is 6.42 Å². The average Bonchev–Trinajstić information content (AvgIpc) is 2.86. The average molecular weight is 231 g/mol. The van der Waals surface area contributed by atoms with E-state index in [1.165, 1.54) is 7.11 Å². The van der Waals surface area contributed by atoms with Gasteiger partial charge in [0.2, 0.25) is 0 Å². The second-order valence-corrected chi connectivity index (χ2v) is 3.56. The summed E-state index contributed by atoms with van der Waals surface area (Å²) in [6, 6.07) is 9.78. The second kappa shape index (κ2) is 5.25. The summed E-state index contributed by atoms with van der Waals surface area (Å²) in [5.74, 6) is -0.248. The fourth-order valence-electron chi connectivity index (χ4n) is 1.46. The van der Waals surface area contributed by atoms with E-state index in [-0.39, 0.29) is 5.97 Å². The van der Waals surface area contributed by atoms with E-state index in [1.54, 1.807) is 4.68 Å². The van der Waals surface area contributed by atoms with Crippen molar-refractivity contribution in [1.82, 2.24) is 15.0 Å². The number of esters is 1. The highest BCUT2D eigenvalue weighted by Gasteiger charge is 2.05. The summed E-state index contributed by atoms with van der Waals surface area (Å²) < 4.78 is 6.20. The molecular formula is C12H13N3O2. The highest BCUT2D eigenvalue weighted by molar-refractivity contribution is 5.69. The van der Waals surface area contributed by atoms with E-state index in [0.717, 1.165) is 11.3 Å². The molecular weight excluding hydrogens is 218 g/mol. The Morgan fingerprint density at radius 3 is 2.82 bits per heavy atom. The second-order valence-electron chi connectivity index (χ2n) is 3.56. The minimum absolute atomic E-state index is 0.248. The minimum atomic E-state index is -0.248. The van der Waals surface area contributed by atoms with Gasteiger partial charge in [0.05, 0.1) is 26.3 Å². The molecule has 0 unspecified atom stereocenters. The lowest BCUT2D eigenvalue weighted by molar-refractivity contribution is -0.140. The molecule has 0 aliphatic carbocycles. The molecule has 88 valence electrons. The molecule has 0 saturated heterocycles. The van der Waals surface area contributed by atoms with Crippen LogP contribution in [0, 0.1) is 0 Å². The molecule has 0 spiro atoms. The lowest BCUT2D eigenvalue weighted by Gasteiger charge is -1.98. The van der Waals surface area contributed by atoms with Gasteiger partial charge in [-0.05, 0) is 0 Å². The molecule has 0 radical (unpaired) electrons. The normalized spacial score (nSPS) is 10.2. The van der Waals surface area contributed by atoms with Crippen LogP contribution in [0.15, 0.2) is 36.5 Å². The van der Waals surface area contributed by atoms with E-state index in [2.05, 4.69) is 15.0 Å². The first-order valence-corrected chi connectivity index (χ1v) is 5.32. The summed E-state index contributed by atoms with van der Waals surface area (Å²) in [5, 5.41) is 8.01. The van der Waals surface area contributed by atoms with Gasteiger partial charge in [-0.1, -0.05) is 35.5 Å². The quantitative estimate of drug-likeness (QED) is 0.748. The molecule has 0 saturated carbocycles. The summed E-state index contributed by atoms with van der Waals surface area (Å²) in [6.45, 7) is 0.479. The molecule has 0 atom stereocenters. The summed E-state index contributed by atoms with van der Waals surface area (Å²) in [4.78, 5) is 11.0. The number of nitrogens with zero attached hydrogens (tertiary/aromatic N) is 3. The number of hydrogen-bond donors (Lipinski definition) is 0. The molecule has 0 aliphatic rings. The molecule has 0 bridgehead atoms. The van der Waals surface area contributed by atoms with Gasteiger partial charge in [0, 0.05) is 5.56 Å². The van der Waals surface area contributed by atoms with Gasteiger partial charge in [-0.15, -0.1) is 5.10 Å². The van der Waals surface area contributed by atoms with Crippen LogP contribution in [-0.4, -0.2) is 28.1 Å². The summed E-state index contributed by atoms with van der Waals surface area (Å²) in [7, 11) is 1.37.